The molecule has 2 saturated heterocycles. The molecule has 0 unspecified atom stereocenters. The Morgan fingerprint density at radius 3 is 1.49 bits per heavy atom. The van der Waals surface area contributed by atoms with E-state index in [2.05, 4.69) is 21.4 Å². The van der Waals surface area contributed by atoms with Gasteiger partial charge in [0.15, 0.2) is 0 Å². The van der Waals surface area contributed by atoms with Crippen LogP contribution in [0, 0.1) is 0 Å². The molecule has 0 radical (unpaired) electrons. The standard InChI is InChI=1S/C26H27N3O4.C24H25N3O3/c1-19(30)28-14-21-8-5-9-22(12-21)23-13-25(16-27-15-23)32-18-24-10-11-29(24)26(31)33-17-20-6-3-2-4-7-20;25-13-19-7-4-8-20(11-19)21-12-23(15-26-14-21)29-17-22-9-10-27(22)24(28)30-16-18-5-2-1-3-6-18/h2-9,12-13,15-16,24H,10-11,14,17-18H2,1H3,(H,28,30);1-8,11-12,14-15,22H,9-10,13,16-17,25H2/t24-;22-/m00/s1. The van der Waals surface area contributed by atoms with E-state index in [9.17, 15) is 14.4 Å². The molecule has 13 heteroatoms. The summed E-state index contributed by atoms with van der Waals surface area (Å²) in [4.78, 5) is 47.9. The number of nitrogens with two attached hydrogens (primary N) is 1. The van der Waals surface area contributed by atoms with Crippen LogP contribution in [-0.4, -0.2) is 76.2 Å². The Morgan fingerprint density at radius 2 is 1.05 bits per heavy atom. The first-order valence-electron chi connectivity index (χ1n) is 21.0. The minimum atomic E-state index is -0.318. The van der Waals surface area contributed by atoms with Crippen LogP contribution in [0.5, 0.6) is 11.5 Å². The van der Waals surface area contributed by atoms with Gasteiger partial charge in [-0.2, -0.15) is 0 Å². The second-order valence-corrected chi connectivity index (χ2v) is 15.3. The summed E-state index contributed by atoms with van der Waals surface area (Å²) in [6, 6.07) is 39.2. The summed E-state index contributed by atoms with van der Waals surface area (Å²) in [6.45, 7) is 5.16. The Balaban J connectivity index is 0.000000190. The molecule has 13 nitrogen and oxygen atoms in total. The number of pyridine rings is 2. The van der Waals surface area contributed by atoms with Crippen molar-refractivity contribution in [3.63, 3.8) is 0 Å². The Labute approximate surface area is 367 Å². The van der Waals surface area contributed by atoms with Crippen LogP contribution in [0.1, 0.15) is 42.0 Å². The number of hydrogen-bond donors (Lipinski definition) is 2. The number of carbonyl (C=O) groups excluding carboxylic acids is 3. The first-order chi connectivity index (χ1) is 30.8. The largest absolute Gasteiger partial charge is 0.490 e. The molecule has 2 aromatic heterocycles. The van der Waals surface area contributed by atoms with Gasteiger partial charge in [-0.15, -0.1) is 0 Å². The molecular weight excluding hydrogens is 797 g/mol. The van der Waals surface area contributed by atoms with Gasteiger partial charge in [-0.1, -0.05) is 97.1 Å². The number of nitrogens with one attached hydrogen (secondary N) is 1. The summed E-state index contributed by atoms with van der Waals surface area (Å²) in [5.41, 5.74) is 13.7. The molecule has 0 bridgehead atoms. The molecule has 4 heterocycles. The lowest BCUT2D eigenvalue weighted by atomic mass is 10.0. The molecule has 63 heavy (non-hydrogen) atoms. The quantitative estimate of drug-likeness (QED) is 0.103. The first kappa shape index (κ1) is 43.8. The monoisotopic (exact) mass is 848 g/mol. The van der Waals surface area contributed by atoms with Gasteiger partial charge in [-0.05, 0) is 70.5 Å². The zero-order chi connectivity index (χ0) is 43.8. The molecule has 2 fully saturated rings. The number of benzene rings is 4. The average molecular weight is 849 g/mol. The molecule has 4 aromatic carbocycles. The molecule has 2 atom stereocenters. The molecule has 324 valence electrons. The van der Waals surface area contributed by atoms with Crippen LogP contribution in [0.25, 0.3) is 22.3 Å². The van der Waals surface area contributed by atoms with Crippen LogP contribution < -0.4 is 20.5 Å². The number of amides is 3. The maximum atomic E-state index is 12.4. The SMILES string of the molecule is CC(=O)NCc1cccc(-c2cncc(OC[C@@H]3CCN3C(=O)OCc3ccccc3)c2)c1.NCc1cccc(-c2cncc(OC[C@@H]3CCN3C(=O)OCc3ccccc3)c2)c1. The third kappa shape index (κ3) is 12.6. The van der Waals surface area contributed by atoms with Crippen molar-refractivity contribution in [1.82, 2.24) is 25.1 Å². The molecule has 8 rings (SSSR count). The zero-order valence-corrected chi connectivity index (χ0v) is 35.3. The molecular formula is C50H52N6O7. The van der Waals surface area contributed by atoms with Crippen LogP contribution in [0.3, 0.4) is 0 Å². The van der Waals surface area contributed by atoms with Crippen molar-refractivity contribution in [1.29, 1.82) is 0 Å². The van der Waals surface area contributed by atoms with E-state index in [1.807, 2.05) is 115 Å². The van der Waals surface area contributed by atoms with Crippen LogP contribution in [0.4, 0.5) is 9.59 Å². The van der Waals surface area contributed by atoms with Crippen molar-refractivity contribution in [2.75, 3.05) is 26.3 Å². The van der Waals surface area contributed by atoms with Gasteiger partial charge in [0.1, 0.15) is 37.9 Å². The molecule has 3 amide bonds. The summed E-state index contributed by atoms with van der Waals surface area (Å²) in [7, 11) is 0. The maximum Gasteiger partial charge on any atom is 0.410 e. The van der Waals surface area contributed by atoms with E-state index < -0.39 is 0 Å². The summed E-state index contributed by atoms with van der Waals surface area (Å²) >= 11 is 0. The normalized spacial score (nSPS) is 15.1. The molecule has 3 N–H and O–H groups in total. The van der Waals surface area contributed by atoms with Crippen molar-refractivity contribution < 1.29 is 33.3 Å². The maximum absolute atomic E-state index is 12.4. The van der Waals surface area contributed by atoms with Gasteiger partial charge in [-0.3, -0.25) is 14.8 Å². The fourth-order valence-electron chi connectivity index (χ4n) is 6.97. The average Bonchev–Trinajstić information content (AvgIpc) is 3.30. The number of ether oxygens (including phenoxy) is 4. The fourth-order valence-corrected chi connectivity index (χ4v) is 6.97. The summed E-state index contributed by atoms with van der Waals surface area (Å²) < 4.78 is 22.7. The third-order valence-electron chi connectivity index (χ3n) is 10.8. The minimum Gasteiger partial charge on any atom is -0.490 e. The molecule has 2 aliphatic rings. The Hall–Kier alpha value is -7.25. The van der Waals surface area contributed by atoms with E-state index in [4.69, 9.17) is 24.7 Å². The number of rotatable bonds is 15. The zero-order valence-electron chi connectivity index (χ0n) is 35.3. The van der Waals surface area contributed by atoms with Crippen molar-refractivity contribution in [2.24, 2.45) is 5.73 Å². The van der Waals surface area contributed by atoms with Gasteiger partial charge in [0.05, 0.1) is 24.5 Å². The fraction of sp³-hybridized carbons (Fsp3) is 0.260. The van der Waals surface area contributed by atoms with Gasteiger partial charge < -0.3 is 39.8 Å². The lowest BCUT2D eigenvalue weighted by Gasteiger charge is -2.39. The second-order valence-electron chi connectivity index (χ2n) is 15.3. The second kappa shape index (κ2) is 22.0. The molecule has 0 saturated carbocycles. The van der Waals surface area contributed by atoms with Crippen molar-refractivity contribution in [2.45, 2.75) is 58.2 Å². The Bertz CT molecular complexity index is 2440. The number of nitrogens with zero attached hydrogens (tertiary/aromatic N) is 4. The van der Waals surface area contributed by atoms with Crippen LogP contribution >= 0.6 is 0 Å². The van der Waals surface area contributed by atoms with Gasteiger partial charge in [-0.25, -0.2) is 9.59 Å². The summed E-state index contributed by atoms with van der Waals surface area (Å²) in [5, 5.41) is 2.81. The van der Waals surface area contributed by atoms with Gasteiger partial charge in [0, 0.05) is 56.6 Å². The summed E-state index contributed by atoms with van der Waals surface area (Å²) in [5.74, 6) is 1.26. The Morgan fingerprint density at radius 1 is 0.587 bits per heavy atom. The number of carbonyl (C=O) groups is 3. The topological polar surface area (TPSA) is 158 Å². The van der Waals surface area contributed by atoms with E-state index >= 15 is 0 Å². The summed E-state index contributed by atoms with van der Waals surface area (Å²) in [6.07, 6.45) is 8.09. The molecule has 0 aliphatic carbocycles. The van der Waals surface area contributed by atoms with E-state index in [-0.39, 0.29) is 43.4 Å². The van der Waals surface area contributed by atoms with Crippen molar-refractivity contribution >= 4 is 18.1 Å². The Kier molecular flexibility index (Phi) is 15.3. The number of likely N-dealkylation sites (tertiary alicyclic amines) is 2. The van der Waals surface area contributed by atoms with Crippen molar-refractivity contribution in [3.8, 4) is 33.8 Å². The van der Waals surface area contributed by atoms with E-state index in [1.165, 1.54) is 6.92 Å². The molecule has 6 aromatic rings. The lowest BCUT2D eigenvalue weighted by Crippen LogP contribution is -2.54. The van der Waals surface area contributed by atoms with E-state index in [1.54, 1.807) is 34.6 Å². The van der Waals surface area contributed by atoms with E-state index in [0.29, 0.717) is 50.9 Å². The van der Waals surface area contributed by atoms with Gasteiger partial charge in [0.25, 0.3) is 0 Å². The van der Waals surface area contributed by atoms with Crippen LogP contribution in [-0.2, 0) is 40.6 Å². The van der Waals surface area contributed by atoms with E-state index in [0.717, 1.165) is 57.3 Å². The van der Waals surface area contributed by atoms with Crippen LogP contribution in [0.15, 0.2) is 146 Å². The highest BCUT2D eigenvalue weighted by Crippen LogP contribution is 2.27. The predicted molar refractivity (Wildman–Crippen MR) is 239 cm³/mol. The lowest BCUT2D eigenvalue weighted by molar-refractivity contribution is -0.119. The van der Waals surface area contributed by atoms with Gasteiger partial charge >= 0.3 is 12.2 Å². The third-order valence-corrected chi connectivity index (χ3v) is 10.8. The minimum absolute atomic E-state index is 0.0116. The smallest absolute Gasteiger partial charge is 0.410 e. The first-order valence-corrected chi connectivity index (χ1v) is 21.0. The molecule has 0 spiro atoms. The highest BCUT2D eigenvalue weighted by molar-refractivity contribution is 5.73. The predicted octanol–water partition coefficient (Wildman–Crippen LogP) is 8.17. The van der Waals surface area contributed by atoms with Crippen molar-refractivity contribution in [3.05, 3.63) is 168 Å². The molecule has 2 aliphatic heterocycles. The van der Waals surface area contributed by atoms with Gasteiger partial charge in [0.2, 0.25) is 5.91 Å². The number of aromatic nitrogens is 2. The van der Waals surface area contributed by atoms with Crippen LogP contribution in [0.2, 0.25) is 0 Å². The highest BCUT2D eigenvalue weighted by atomic mass is 16.6. The highest BCUT2D eigenvalue weighted by Gasteiger charge is 2.35. The number of hydrogen-bond acceptors (Lipinski definition) is 10.